The molecule has 6 nitrogen and oxygen atoms in total. The van der Waals surface area contributed by atoms with Crippen LogP contribution in [0.2, 0.25) is 0 Å². The molecule has 1 spiro atoms. The number of rotatable bonds is 4. The van der Waals surface area contributed by atoms with Crippen LogP contribution >= 0.6 is 0 Å². The first-order valence-corrected chi connectivity index (χ1v) is 8.54. The Kier molecular flexibility index (Phi) is 4.16. The zero-order valence-electron chi connectivity index (χ0n) is 14.0. The van der Waals surface area contributed by atoms with Crippen molar-refractivity contribution in [2.24, 2.45) is 0 Å². The Morgan fingerprint density at radius 1 is 1.29 bits per heavy atom. The van der Waals surface area contributed by atoms with Crippen molar-refractivity contribution in [3.05, 3.63) is 47.9 Å². The van der Waals surface area contributed by atoms with Gasteiger partial charge in [0.05, 0.1) is 29.6 Å². The number of aromatic nitrogens is 3. The number of hydrogen-bond acceptors (Lipinski definition) is 6. The summed E-state index contributed by atoms with van der Waals surface area (Å²) in [5.74, 6) is 0.828. The van der Waals surface area contributed by atoms with Gasteiger partial charge in [-0.1, -0.05) is 6.07 Å². The number of nitrogens with one attached hydrogen (secondary N) is 1. The molecule has 0 radical (unpaired) electrons. The Morgan fingerprint density at radius 3 is 3.04 bits per heavy atom. The molecule has 4 rings (SSSR count). The summed E-state index contributed by atoms with van der Waals surface area (Å²) in [6, 6.07) is 10.3. The van der Waals surface area contributed by atoms with E-state index in [4.69, 9.17) is 4.74 Å². The van der Waals surface area contributed by atoms with Crippen molar-refractivity contribution in [2.75, 3.05) is 25.0 Å². The Labute approximate surface area is 142 Å². The maximum atomic E-state index is 6.21. The van der Waals surface area contributed by atoms with Crippen LogP contribution in [0.4, 0.5) is 5.82 Å². The predicted octanol–water partition coefficient (Wildman–Crippen LogP) is 2.03. The van der Waals surface area contributed by atoms with Crippen molar-refractivity contribution in [1.82, 2.24) is 20.1 Å². The standard InChI is InChI=1S/C18H23N5O/c1-14-5-6-17(22-21-14)20-16-10-18(24-12-16)7-9-23(13-18)11-15-4-2-3-8-19-15/h2-6,8,16H,7,9-13H2,1H3,(H,20,22). The largest absolute Gasteiger partial charge is 0.371 e. The minimum Gasteiger partial charge on any atom is -0.371 e. The lowest BCUT2D eigenvalue weighted by Crippen LogP contribution is -2.33. The van der Waals surface area contributed by atoms with Crippen molar-refractivity contribution in [1.29, 1.82) is 0 Å². The highest BCUT2D eigenvalue weighted by atomic mass is 16.5. The fourth-order valence-corrected chi connectivity index (χ4v) is 3.69. The highest BCUT2D eigenvalue weighted by Crippen LogP contribution is 2.36. The van der Waals surface area contributed by atoms with E-state index in [2.05, 4.69) is 31.5 Å². The summed E-state index contributed by atoms with van der Waals surface area (Å²) in [6.45, 7) is 5.61. The van der Waals surface area contributed by atoms with E-state index in [1.807, 2.05) is 37.4 Å². The second-order valence-corrected chi connectivity index (χ2v) is 6.88. The second kappa shape index (κ2) is 6.45. The van der Waals surface area contributed by atoms with E-state index in [0.717, 1.165) is 56.3 Å². The Hall–Kier alpha value is -2.05. The summed E-state index contributed by atoms with van der Waals surface area (Å²) in [5.41, 5.74) is 2.03. The Bertz CT molecular complexity index is 678. The third kappa shape index (κ3) is 3.39. The van der Waals surface area contributed by atoms with Gasteiger partial charge in [-0.15, -0.1) is 5.10 Å². The summed E-state index contributed by atoms with van der Waals surface area (Å²) in [4.78, 5) is 6.87. The molecule has 0 saturated carbocycles. The van der Waals surface area contributed by atoms with Crippen molar-refractivity contribution in [3.63, 3.8) is 0 Å². The van der Waals surface area contributed by atoms with Gasteiger partial charge in [0.2, 0.25) is 0 Å². The lowest BCUT2D eigenvalue weighted by atomic mass is 9.97. The summed E-state index contributed by atoms with van der Waals surface area (Å²) >= 11 is 0. The molecular weight excluding hydrogens is 302 g/mol. The first-order chi connectivity index (χ1) is 11.7. The van der Waals surface area contributed by atoms with Gasteiger partial charge >= 0.3 is 0 Å². The van der Waals surface area contributed by atoms with E-state index >= 15 is 0 Å². The van der Waals surface area contributed by atoms with Crippen molar-refractivity contribution < 1.29 is 4.74 Å². The molecule has 2 aromatic heterocycles. The van der Waals surface area contributed by atoms with Gasteiger partial charge in [0.1, 0.15) is 5.82 Å². The number of nitrogens with zero attached hydrogens (tertiary/aromatic N) is 4. The first kappa shape index (κ1) is 15.5. The van der Waals surface area contributed by atoms with Gasteiger partial charge in [-0.25, -0.2) is 0 Å². The van der Waals surface area contributed by atoms with Crippen LogP contribution in [0.5, 0.6) is 0 Å². The van der Waals surface area contributed by atoms with E-state index in [-0.39, 0.29) is 5.60 Å². The van der Waals surface area contributed by atoms with E-state index in [1.54, 1.807) is 0 Å². The topological polar surface area (TPSA) is 63.2 Å². The minimum absolute atomic E-state index is 0.0232. The number of pyridine rings is 1. The smallest absolute Gasteiger partial charge is 0.148 e. The SMILES string of the molecule is Cc1ccc(NC2COC3(CCN(Cc4ccccn4)C3)C2)nn1. The summed E-state index contributed by atoms with van der Waals surface area (Å²) < 4.78 is 6.21. The van der Waals surface area contributed by atoms with Crippen LogP contribution < -0.4 is 5.32 Å². The van der Waals surface area contributed by atoms with E-state index < -0.39 is 0 Å². The molecule has 0 amide bonds. The molecule has 2 aliphatic heterocycles. The van der Waals surface area contributed by atoms with Gasteiger partial charge < -0.3 is 10.1 Å². The third-order valence-corrected chi connectivity index (χ3v) is 4.87. The monoisotopic (exact) mass is 325 g/mol. The van der Waals surface area contributed by atoms with Crippen molar-refractivity contribution in [2.45, 2.75) is 38.0 Å². The number of ether oxygens (including phenoxy) is 1. The summed E-state index contributed by atoms with van der Waals surface area (Å²) in [6.07, 6.45) is 3.95. The van der Waals surface area contributed by atoms with Crippen molar-refractivity contribution in [3.8, 4) is 0 Å². The van der Waals surface area contributed by atoms with Gasteiger partial charge in [-0.2, -0.15) is 5.10 Å². The van der Waals surface area contributed by atoms with Crippen LogP contribution in [-0.2, 0) is 11.3 Å². The van der Waals surface area contributed by atoms with Gasteiger partial charge in [0.25, 0.3) is 0 Å². The molecule has 4 heterocycles. The fraction of sp³-hybridized carbons (Fsp3) is 0.500. The number of aryl methyl sites for hydroxylation is 1. The molecule has 24 heavy (non-hydrogen) atoms. The second-order valence-electron chi connectivity index (χ2n) is 6.88. The number of likely N-dealkylation sites (tertiary alicyclic amines) is 1. The number of anilines is 1. The maximum Gasteiger partial charge on any atom is 0.148 e. The lowest BCUT2D eigenvalue weighted by molar-refractivity contribution is 0.0119. The first-order valence-electron chi connectivity index (χ1n) is 8.54. The molecule has 2 aliphatic rings. The van der Waals surface area contributed by atoms with E-state index in [1.165, 1.54) is 0 Å². The molecule has 0 aromatic carbocycles. The Balaban J connectivity index is 1.33. The predicted molar refractivity (Wildman–Crippen MR) is 91.6 cm³/mol. The van der Waals surface area contributed by atoms with E-state index in [0.29, 0.717) is 6.04 Å². The molecule has 0 bridgehead atoms. The van der Waals surface area contributed by atoms with Crippen molar-refractivity contribution >= 4 is 5.82 Å². The number of hydrogen-bond donors (Lipinski definition) is 1. The highest BCUT2D eigenvalue weighted by molar-refractivity contribution is 5.34. The fourth-order valence-electron chi connectivity index (χ4n) is 3.69. The molecule has 6 heteroatoms. The third-order valence-electron chi connectivity index (χ3n) is 4.87. The van der Waals surface area contributed by atoms with Crippen LogP contribution in [0.1, 0.15) is 24.2 Å². The zero-order chi connectivity index (χ0) is 16.4. The molecule has 1 N–H and O–H groups in total. The molecular formula is C18H23N5O. The average molecular weight is 325 g/mol. The van der Waals surface area contributed by atoms with Gasteiger partial charge in [-0.3, -0.25) is 9.88 Å². The van der Waals surface area contributed by atoms with Crippen LogP contribution in [0.15, 0.2) is 36.5 Å². The van der Waals surface area contributed by atoms with Crippen LogP contribution in [0, 0.1) is 6.92 Å². The van der Waals surface area contributed by atoms with Crippen LogP contribution in [-0.4, -0.2) is 51.4 Å². The molecule has 0 aliphatic carbocycles. The van der Waals surface area contributed by atoms with Gasteiger partial charge in [0.15, 0.2) is 0 Å². The lowest BCUT2D eigenvalue weighted by Gasteiger charge is -2.23. The van der Waals surface area contributed by atoms with E-state index in [9.17, 15) is 0 Å². The molecule has 2 aromatic rings. The zero-order valence-corrected chi connectivity index (χ0v) is 14.0. The quantitative estimate of drug-likeness (QED) is 0.928. The molecule has 126 valence electrons. The average Bonchev–Trinajstić information content (AvgIpc) is 3.17. The molecule has 2 atom stereocenters. The normalized spacial score (nSPS) is 27.0. The van der Waals surface area contributed by atoms with Crippen LogP contribution in [0.3, 0.4) is 0 Å². The highest BCUT2D eigenvalue weighted by Gasteiger charge is 2.45. The van der Waals surface area contributed by atoms with Gasteiger partial charge in [-0.05, 0) is 37.6 Å². The summed E-state index contributed by atoms with van der Waals surface area (Å²) in [7, 11) is 0. The molecule has 2 fully saturated rings. The summed E-state index contributed by atoms with van der Waals surface area (Å²) in [5, 5.41) is 11.7. The van der Waals surface area contributed by atoms with Crippen LogP contribution in [0.25, 0.3) is 0 Å². The molecule has 2 unspecified atom stereocenters. The minimum atomic E-state index is -0.0232. The Morgan fingerprint density at radius 2 is 2.25 bits per heavy atom. The molecule has 2 saturated heterocycles. The van der Waals surface area contributed by atoms with Gasteiger partial charge in [0, 0.05) is 32.3 Å². The maximum absolute atomic E-state index is 6.21.